The van der Waals surface area contributed by atoms with Gasteiger partial charge in [0.1, 0.15) is 11.2 Å². The maximum atomic E-state index is 6.26. The first-order chi connectivity index (χ1) is 20.1. The lowest BCUT2D eigenvalue weighted by molar-refractivity contribution is 0.662. The van der Waals surface area contributed by atoms with Crippen LogP contribution in [0.25, 0.3) is 71.7 Å². The van der Waals surface area contributed by atoms with Crippen LogP contribution < -0.4 is 0 Å². The van der Waals surface area contributed by atoms with Gasteiger partial charge >= 0.3 is 0 Å². The van der Waals surface area contributed by atoms with Crippen molar-refractivity contribution >= 4 is 43.7 Å². The lowest BCUT2D eigenvalue weighted by Crippen LogP contribution is -2.16. The second-order valence-electron chi connectivity index (χ2n) is 11.7. The Kier molecular flexibility index (Phi) is 4.42. The van der Waals surface area contributed by atoms with Crippen molar-refractivity contribution in [1.82, 2.24) is 4.57 Å². The van der Waals surface area contributed by atoms with Crippen LogP contribution in [0, 0.1) is 0 Å². The van der Waals surface area contributed by atoms with Gasteiger partial charge in [0, 0.05) is 32.6 Å². The highest BCUT2D eigenvalue weighted by Gasteiger charge is 2.37. The topological polar surface area (TPSA) is 18.1 Å². The predicted molar refractivity (Wildman–Crippen MR) is 171 cm³/mol. The van der Waals surface area contributed by atoms with E-state index in [4.69, 9.17) is 4.42 Å². The summed E-state index contributed by atoms with van der Waals surface area (Å²) < 4.78 is 8.65. The van der Waals surface area contributed by atoms with E-state index in [1.165, 1.54) is 60.6 Å². The molecule has 8 aromatic rings. The molecule has 1 aliphatic carbocycles. The standard InChI is InChI=1S/C39H27NO/c1-39(2)31-15-6-3-10-27(31)28-14-9-13-26(38(28)39)24-18-20-25(21-19-24)40-32-16-7-4-11-29(32)36-33(40)22-23-35-37(36)30-12-5-8-17-34(30)41-35/h3-23H,1-2H3. The molecule has 0 amide bonds. The molecule has 0 saturated heterocycles. The first-order valence-corrected chi connectivity index (χ1v) is 14.3. The number of fused-ring (bicyclic) bond motifs is 10. The number of furan rings is 1. The predicted octanol–water partition coefficient (Wildman–Crippen LogP) is 10.7. The SMILES string of the molecule is CC1(C)c2ccccc2-c2cccc(-c3ccc(-n4c5ccccc5c5c6c(ccc54)oc4ccccc46)cc3)c21. The molecule has 9 rings (SSSR count). The Morgan fingerprint density at radius 1 is 0.512 bits per heavy atom. The second-order valence-corrected chi connectivity index (χ2v) is 11.7. The van der Waals surface area contributed by atoms with Crippen LogP contribution in [0.1, 0.15) is 25.0 Å². The first-order valence-electron chi connectivity index (χ1n) is 14.3. The van der Waals surface area contributed by atoms with Crippen LogP contribution in [-0.4, -0.2) is 4.57 Å². The summed E-state index contributed by atoms with van der Waals surface area (Å²) in [5.74, 6) is 0. The average Bonchev–Trinajstić information content (AvgIpc) is 3.63. The van der Waals surface area contributed by atoms with Gasteiger partial charge in [0.15, 0.2) is 0 Å². The molecular formula is C39H27NO. The molecule has 0 radical (unpaired) electrons. The minimum Gasteiger partial charge on any atom is -0.456 e. The molecule has 0 fully saturated rings. The molecule has 2 nitrogen and oxygen atoms in total. The van der Waals surface area contributed by atoms with Crippen molar-refractivity contribution in [3.8, 4) is 27.9 Å². The summed E-state index contributed by atoms with van der Waals surface area (Å²) >= 11 is 0. The molecule has 0 saturated carbocycles. The Morgan fingerprint density at radius 2 is 1.22 bits per heavy atom. The van der Waals surface area contributed by atoms with Crippen molar-refractivity contribution in [2.24, 2.45) is 0 Å². The zero-order valence-electron chi connectivity index (χ0n) is 23.0. The third-order valence-corrected chi connectivity index (χ3v) is 9.19. The molecule has 1 aliphatic rings. The maximum Gasteiger partial charge on any atom is 0.136 e. The number of hydrogen-bond acceptors (Lipinski definition) is 1. The summed E-state index contributed by atoms with van der Waals surface area (Å²) in [4.78, 5) is 0. The van der Waals surface area contributed by atoms with E-state index in [1.807, 2.05) is 6.07 Å². The molecule has 0 aliphatic heterocycles. The van der Waals surface area contributed by atoms with E-state index >= 15 is 0 Å². The Morgan fingerprint density at radius 3 is 2.10 bits per heavy atom. The smallest absolute Gasteiger partial charge is 0.136 e. The van der Waals surface area contributed by atoms with E-state index in [1.54, 1.807) is 0 Å². The van der Waals surface area contributed by atoms with Crippen LogP contribution in [0.2, 0.25) is 0 Å². The average molecular weight is 526 g/mol. The number of hydrogen-bond donors (Lipinski definition) is 0. The Labute approximate surface area is 238 Å². The normalized spacial score (nSPS) is 13.8. The van der Waals surface area contributed by atoms with Gasteiger partial charge in [-0.25, -0.2) is 0 Å². The van der Waals surface area contributed by atoms with Crippen LogP contribution in [0.5, 0.6) is 0 Å². The Balaban J connectivity index is 1.25. The van der Waals surface area contributed by atoms with Crippen LogP contribution >= 0.6 is 0 Å². The molecule has 0 atom stereocenters. The van der Waals surface area contributed by atoms with Gasteiger partial charge in [0.05, 0.1) is 11.0 Å². The van der Waals surface area contributed by atoms with Gasteiger partial charge < -0.3 is 8.98 Å². The van der Waals surface area contributed by atoms with Gasteiger partial charge in [-0.05, 0) is 69.8 Å². The molecule has 0 N–H and O–H groups in total. The lowest BCUT2D eigenvalue weighted by Gasteiger charge is -2.24. The van der Waals surface area contributed by atoms with Crippen molar-refractivity contribution in [1.29, 1.82) is 0 Å². The molecule has 194 valence electrons. The Bertz CT molecular complexity index is 2330. The van der Waals surface area contributed by atoms with Crippen molar-refractivity contribution < 1.29 is 4.42 Å². The van der Waals surface area contributed by atoms with Crippen LogP contribution in [0.15, 0.2) is 132 Å². The van der Waals surface area contributed by atoms with Crippen molar-refractivity contribution in [2.45, 2.75) is 19.3 Å². The molecule has 2 heterocycles. The fourth-order valence-electron chi connectivity index (χ4n) is 7.43. The molecule has 41 heavy (non-hydrogen) atoms. The number of rotatable bonds is 2. The number of para-hydroxylation sites is 2. The van der Waals surface area contributed by atoms with Crippen LogP contribution in [0.3, 0.4) is 0 Å². The van der Waals surface area contributed by atoms with Crippen LogP contribution in [-0.2, 0) is 5.41 Å². The zero-order chi connectivity index (χ0) is 27.3. The third-order valence-electron chi connectivity index (χ3n) is 9.19. The first kappa shape index (κ1) is 22.7. The summed E-state index contributed by atoms with van der Waals surface area (Å²) in [6.07, 6.45) is 0. The van der Waals surface area contributed by atoms with Gasteiger partial charge in [-0.1, -0.05) is 105 Å². The third kappa shape index (κ3) is 2.97. The van der Waals surface area contributed by atoms with Gasteiger partial charge in [-0.3, -0.25) is 0 Å². The number of nitrogens with zero attached hydrogens (tertiary/aromatic N) is 1. The van der Waals surface area contributed by atoms with Crippen LogP contribution in [0.4, 0.5) is 0 Å². The Hall–Kier alpha value is -5.08. The molecule has 0 unspecified atom stereocenters. The van der Waals surface area contributed by atoms with Crippen molar-refractivity contribution in [3.63, 3.8) is 0 Å². The van der Waals surface area contributed by atoms with E-state index in [0.717, 1.165) is 22.2 Å². The van der Waals surface area contributed by atoms with E-state index in [9.17, 15) is 0 Å². The lowest BCUT2D eigenvalue weighted by atomic mass is 9.79. The summed E-state index contributed by atoms with van der Waals surface area (Å²) in [6.45, 7) is 4.71. The number of benzene rings is 6. The summed E-state index contributed by atoms with van der Waals surface area (Å²) in [6, 6.07) is 46.1. The van der Waals surface area contributed by atoms with E-state index in [0.29, 0.717) is 0 Å². The highest BCUT2D eigenvalue weighted by Crippen LogP contribution is 2.52. The minimum atomic E-state index is -0.0488. The molecule has 0 spiro atoms. The summed E-state index contributed by atoms with van der Waals surface area (Å²) in [5, 5.41) is 4.83. The second kappa shape index (κ2) is 7.99. The highest BCUT2D eigenvalue weighted by molar-refractivity contribution is 6.27. The maximum absolute atomic E-state index is 6.26. The molecule has 2 heteroatoms. The van der Waals surface area contributed by atoms with Crippen molar-refractivity contribution in [2.75, 3.05) is 0 Å². The largest absolute Gasteiger partial charge is 0.456 e. The quantitative estimate of drug-likeness (QED) is 0.219. The highest BCUT2D eigenvalue weighted by atomic mass is 16.3. The minimum absolute atomic E-state index is 0.0488. The molecule has 0 bridgehead atoms. The van der Waals surface area contributed by atoms with Gasteiger partial charge in [0.2, 0.25) is 0 Å². The van der Waals surface area contributed by atoms with Gasteiger partial charge in [-0.15, -0.1) is 0 Å². The molecular weight excluding hydrogens is 498 g/mol. The fraction of sp³-hybridized carbons (Fsp3) is 0.0769. The summed E-state index contributed by atoms with van der Waals surface area (Å²) in [5.41, 5.74) is 13.4. The van der Waals surface area contributed by atoms with E-state index in [2.05, 4.69) is 140 Å². The fourth-order valence-corrected chi connectivity index (χ4v) is 7.43. The van der Waals surface area contributed by atoms with E-state index in [-0.39, 0.29) is 5.41 Å². The van der Waals surface area contributed by atoms with Crippen molar-refractivity contribution in [3.05, 3.63) is 139 Å². The zero-order valence-corrected chi connectivity index (χ0v) is 23.0. The molecule has 6 aromatic carbocycles. The number of aromatic nitrogens is 1. The molecule has 2 aromatic heterocycles. The summed E-state index contributed by atoms with van der Waals surface area (Å²) in [7, 11) is 0. The van der Waals surface area contributed by atoms with E-state index < -0.39 is 0 Å². The van der Waals surface area contributed by atoms with Gasteiger partial charge in [-0.2, -0.15) is 0 Å². The monoisotopic (exact) mass is 525 g/mol. The van der Waals surface area contributed by atoms with Gasteiger partial charge in [0.25, 0.3) is 0 Å².